The van der Waals surface area contributed by atoms with Gasteiger partial charge in [-0.25, -0.2) is 0 Å². The van der Waals surface area contributed by atoms with Gasteiger partial charge in [-0.05, 0) is 48.7 Å². The quantitative estimate of drug-likeness (QED) is 0.317. The number of benzene rings is 2. The molecule has 0 spiro atoms. The highest BCUT2D eigenvalue weighted by Crippen LogP contribution is 2.26. The van der Waals surface area contributed by atoms with Gasteiger partial charge in [0.2, 0.25) is 6.41 Å². The van der Waals surface area contributed by atoms with Crippen molar-refractivity contribution in [3.8, 4) is 11.5 Å². The maximum atomic E-state index is 10.6. The van der Waals surface area contributed by atoms with Crippen LogP contribution in [0.4, 0.5) is 5.69 Å². The summed E-state index contributed by atoms with van der Waals surface area (Å²) < 4.78 is 26.1. The van der Waals surface area contributed by atoms with E-state index in [1.165, 1.54) is 12.1 Å². The summed E-state index contributed by atoms with van der Waals surface area (Å²) >= 11 is 0. The Morgan fingerprint density at radius 2 is 2.04 bits per heavy atom. The second-order valence-electron chi connectivity index (χ2n) is 5.81. The Balaban J connectivity index is 1.87. The number of rotatable bonds is 9. The maximum absolute atomic E-state index is 10.6. The molecule has 2 unspecified atom stereocenters. The summed E-state index contributed by atoms with van der Waals surface area (Å²) in [6.45, 7) is 2.25. The van der Waals surface area contributed by atoms with E-state index in [0.717, 1.165) is 5.56 Å². The molecule has 0 saturated carbocycles. The number of carbonyl (C=O) groups is 1. The highest BCUT2D eigenvalue weighted by Gasteiger charge is 2.12. The number of aromatic hydroxyl groups is 1. The van der Waals surface area contributed by atoms with Crippen LogP contribution in [0.3, 0.4) is 0 Å². The van der Waals surface area contributed by atoms with E-state index >= 15 is 0 Å². The first-order valence-electron chi connectivity index (χ1n) is 9.40. The smallest absolute Gasteiger partial charge is 0.211 e. The van der Waals surface area contributed by atoms with Crippen LogP contribution in [0.15, 0.2) is 42.5 Å². The molecule has 0 fully saturated rings. The van der Waals surface area contributed by atoms with Crippen LogP contribution in [0.25, 0.3) is 0 Å². The van der Waals surface area contributed by atoms with Crippen LogP contribution in [0.2, 0.25) is 0 Å². The average Bonchev–Trinajstić information content (AvgIpc) is 2.62. The number of methoxy groups -OCH3 is 1. The van der Waals surface area contributed by atoms with Gasteiger partial charge in [-0.15, -0.1) is 0 Å². The third-order valence-corrected chi connectivity index (χ3v) is 3.86. The van der Waals surface area contributed by atoms with Crippen LogP contribution in [-0.4, -0.2) is 36.2 Å². The van der Waals surface area contributed by atoms with Crippen molar-refractivity contribution in [1.82, 2.24) is 5.32 Å². The number of anilines is 1. The number of carbonyl (C=O) groups excluding carboxylic acids is 1. The predicted molar refractivity (Wildman–Crippen MR) is 96.9 cm³/mol. The molecule has 0 aliphatic carbocycles. The molecule has 0 radical (unpaired) electrons. The van der Waals surface area contributed by atoms with Crippen LogP contribution in [0.1, 0.15) is 28.3 Å². The number of hydrogen-bond donors (Lipinski definition) is 4. The van der Waals surface area contributed by atoms with Crippen LogP contribution in [0, 0.1) is 0 Å². The fraction of sp³-hybridized carbons (Fsp3) is 0.316. The molecule has 4 N–H and O–H groups in total. The standard InChI is InChI=1S/C19H24N2O4/c1-13(9-14-3-6-16(25-2)7-4-14)20-11-19(24)15-5-8-18(23)17(10-15)21-12-22/h3-8,10,12-13,19-20,23-24H,9,11H2,1-2H3,(H,21,22)/i2+1D3. The number of amides is 1. The van der Waals surface area contributed by atoms with Gasteiger partial charge in [0.1, 0.15) is 11.5 Å². The van der Waals surface area contributed by atoms with Crippen LogP contribution < -0.4 is 15.4 Å². The molecular weight excluding hydrogens is 321 g/mol. The van der Waals surface area contributed by atoms with Crippen molar-refractivity contribution < 1.29 is 23.9 Å². The molecule has 0 saturated heterocycles. The van der Waals surface area contributed by atoms with Crippen LogP contribution >= 0.6 is 0 Å². The van der Waals surface area contributed by atoms with E-state index in [4.69, 9.17) is 8.85 Å². The van der Waals surface area contributed by atoms with E-state index in [9.17, 15) is 15.0 Å². The van der Waals surface area contributed by atoms with Gasteiger partial charge in [0.05, 0.1) is 22.9 Å². The fourth-order valence-electron chi connectivity index (χ4n) is 2.49. The number of aliphatic hydroxyl groups is 1. The lowest BCUT2D eigenvalue weighted by Gasteiger charge is -2.18. The van der Waals surface area contributed by atoms with Gasteiger partial charge in [-0.3, -0.25) is 4.79 Å². The van der Waals surface area contributed by atoms with E-state index in [0.29, 0.717) is 18.4 Å². The van der Waals surface area contributed by atoms with Crippen LogP contribution in [0.5, 0.6) is 11.5 Å². The summed E-state index contributed by atoms with van der Waals surface area (Å²) in [7, 11) is -2.47. The molecular formula is C19H24N2O4. The summed E-state index contributed by atoms with van der Waals surface area (Å²) in [4.78, 5) is 10.6. The molecule has 25 heavy (non-hydrogen) atoms. The van der Waals surface area contributed by atoms with Crippen molar-refractivity contribution in [2.45, 2.75) is 25.5 Å². The normalized spacial score (nSPS) is 15.4. The van der Waals surface area contributed by atoms with Gasteiger partial charge >= 0.3 is 0 Å². The molecule has 0 heterocycles. The second-order valence-corrected chi connectivity index (χ2v) is 5.81. The topological polar surface area (TPSA) is 90.8 Å². The summed E-state index contributed by atoms with van der Waals surface area (Å²) in [5.74, 6) is 0.210. The van der Waals surface area contributed by atoms with Crippen LogP contribution in [-0.2, 0) is 11.2 Å². The Kier molecular flexibility index (Phi) is 5.34. The van der Waals surface area contributed by atoms with E-state index < -0.39 is 13.1 Å². The highest BCUT2D eigenvalue weighted by atomic mass is 16.5. The molecule has 134 valence electrons. The molecule has 0 aromatic heterocycles. The van der Waals surface area contributed by atoms with Crippen molar-refractivity contribution in [3.63, 3.8) is 0 Å². The number of phenols is 1. The number of nitrogens with one attached hydrogen (secondary N) is 2. The zero-order valence-corrected chi connectivity index (χ0v) is 13.9. The molecule has 1 amide bonds. The zero-order valence-electron chi connectivity index (χ0n) is 16.9. The van der Waals surface area contributed by atoms with Gasteiger partial charge in [-0.1, -0.05) is 18.2 Å². The first-order chi connectivity index (χ1) is 13.2. The van der Waals surface area contributed by atoms with Crippen molar-refractivity contribution in [2.75, 3.05) is 18.9 Å². The molecule has 2 rings (SSSR count). The van der Waals surface area contributed by atoms with Crippen molar-refractivity contribution in [2.24, 2.45) is 0 Å². The van der Waals surface area contributed by atoms with E-state index in [2.05, 4.69) is 10.6 Å². The summed E-state index contributed by atoms with van der Waals surface area (Å²) in [6.07, 6.45) is 0.319. The number of phenolic OH excluding ortho intramolecular Hbond substituents is 1. The molecule has 2 aromatic rings. The Labute approximate surface area is 151 Å². The van der Waals surface area contributed by atoms with Gasteiger partial charge in [-0.2, -0.15) is 0 Å². The third kappa shape index (κ3) is 5.48. The summed E-state index contributed by atoms with van der Waals surface area (Å²) in [5, 5.41) is 25.6. The largest absolute Gasteiger partial charge is 0.506 e. The molecule has 2 aromatic carbocycles. The molecule has 0 aliphatic rings. The highest BCUT2D eigenvalue weighted by molar-refractivity contribution is 5.75. The Bertz CT molecular complexity index is 782. The molecule has 2 atom stereocenters. The number of hydrogen-bond acceptors (Lipinski definition) is 5. The number of aliphatic hydroxyl groups excluding tert-OH is 1. The molecule has 0 aliphatic heterocycles. The first-order valence-corrected chi connectivity index (χ1v) is 7.90. The molecule has 6 heteroatoms. The lowest BCUT2D eigenvalue weighted by molar-refractivity contribution is -0.105. The average molecular weight is 348 g/mol. The van der Waals surface area contributed by atoms with Gasteiger partial charge in [0, 0.05) is 12.6 Å². The SMILES string of the molecule is [2H][13C]([2H])([2H])Oc1ccc(CC(C)NCC(O)c2ccc(O)c(NC=O)c2)cc1. The predicted octanol–water partition coefficient (Wildman–Crippen LogP) is 2.22. The monoisotopic (exact) mass is 348 g/mol. The van der Waals surface area contributed by atoms with Gasteiger partial charge in [0.25, 0.3) is 0 Å². The minimum Gasteiger partial charge on any atom is -0.506 e. The maximum Gasteiger partial charge on any atom is 0.211 e. The lowest BCUT2D eigenvalue weighted by Crippen LogP contribution is -2.32. The molecule has 6 nitrogen and oxygen atoms in total. The third-order valence-electron chi connectivity index (χ3n) is 3.86. The molecule has 0 bridgehead atoms. The minimum absolute atomic E-state index is 0.0497. The Morgan fingerprint density at radius 3 is 2.72 bits per heavy atom. The fourth-order valence-corrected chi connectivity index (χ4v) is 2.49. The second kappa shape index (κ2) is 9.05. The number of ether oxygens (including phenoxy) is 1. The minimum atomic E-state index is -2.47. The summed E-state index contributed by atoms with van der Waals surface area (Å²) in [6, 6.07) is 11.4. The zero-order chi connectivity index (χ0) is 20.7. The van der Waals surface area contributed by atoms with E-state index in [-0.39, 0.29) is 29.8 Å². The van der Waals surface area contributed by atoms with Crippen molar-refractivity contribution in [1.29, 1.82) is 0 Å². The first kappa shape index (κ1) is 14.7. The van der Waals surface area contributed by atoms with E-state index in [1.807, 2.05) is 6.92 Å². The van der Waals surface area contributed by atoms with Crippen molar-refractivity contribution in [3.05, 3.63) is 53.6 Å². The Morgan fingerprint density at radius 1 is 1.28 bits per heavy atom. The Hall–Kier alpha value is -2.57. The van der Waals surface area contributed by atoms with E-state index in [1.54, 1.807) is 30.3 Å². The van der Waals surface area contributed by atoms with Gasteiger partial charge in [0.15, 0.2) is 0 Å². The lowest BCUT2D eigenvalue weighted by atomic mass is 10.1. The summed E-state index contributed by atoms with van der Waals surface area (Å²) in [5.41, 5.74) is 1.79. The van der Waals surface area contributed by atoms with Gasteiger partial charge < -0.3 is 25.6 Å². The van der Waals surface area contributed by atoms with Crippen molar-refractivity contribution >= 4 is 12.1 Å².